The molecule has 0 spiro atoms. The maximum absolute atomic E-state index is 5.06. The second kappa shape index (κ2) is 3.96. The highest BCUT2D eigenvalue weighted by Gasteiger charge is 1.96. The van der Waals surface area contributed by atoms with Crippen LogP contribution in [-0.4, -0.2) is 13.0 Å². The standard InChI is InChI=1S/C9H13NO/c1-8-6-4-3-5-7-9(10-8)11-2/h3,5-6H,4,7H2,1-2H3. The lowest BCUT2D eigenvalue weighted by Crippen LogP contribution is -2.00. The molecule has 11 heavy (non-hydrogen) atoms. The lowest BCUT2D eigenvalue weighted by atomic mass is 10.2. The number of hydrogen-bond acceptors (Lipinski definition) is 2. The van der Waals surface area contributed by atoms with Gasteiger partial charge < -0.3 is 4.74 Å². The molecule has 0 aromatic heterocycles. The van der Waals surface area contributed by atoms with Crippen molar-refractivity contribution in [3.63, 3.8) is 0 Å². The van der Waals surface area contributed by atoms with Crippen molar-refractivity contribution in [2.45, 2.75) is 19.8 Å². The van der Waals surface area contributed by atoms with E-state index in [4.69, 9.17) is 4.74 Å². The molecular formula is C9H13NO. The Morgan fingerprint density at radius 3 is 3.00 bits per heavy atom. The van der Waals surface area contributed by atoms with Gasteiger partial charge in [-0.3, -0.25) is 0 Å². The molecule has 0 radical (unpaired) electrons. The topological polar surface area (TPSA) is 21.6 Å². The molecule has 0 saturated heterocycles. The Bertz CT molecular complexity index is 214. The maximum atomic E-state index is 5.06. The number of hydrogen-bond donors (Lipinski definition) is 0. The summed E-state index contributed by atoms with van der Waals surface area (Å²) in [7, 11) is 1.65. The Kier molecular flexibility index (Phi) is 2.90. The molecule has 2 heteroatoms. The SMILES string of the molecule is COC1=NC(C)=CCC=CC1. The fraction of sp³-hybridized carbons (Fsp3) is 0.444. The highest BCUT2D eigenvalue weighted by atomic mass is 16.5. The molecule has 0 N–H and O–H groups in total. The van der Waals surface area contributed by atoms with Gasteiger partial charge in [0.1, 0.15) is 0 Å². The fourth-order valence-corrected chi connectivity index (χ4v) is 0.936. The van der Waals surface area contributed by atoms with Crippen LogP contribution in [0.15, 0.2) is 28.9 Å². The summed E-state index contributed by atoms with van der Waals surface area (Å²) in [4.78, 5) is 4.26. The van der Waals surface area contributed by atoms with Gasteiger partial charge in [0, 0.05) is 12.1 Å². The average Bonchev–Trinajstić information content (AvgIpc) is 1.96. The van der Waals surface area contributed by atoms with E-state index >= 15 is 0 Å². The van der Waals surface area contributed by atoms with E-state index in [1.807, 2.05) is 6.92 Å². The number of ether oxygens (including phenoxy) is 1. The number of methoxy groups -OCH3 is 1. The third-order valence-electron chi connectivity index (χ3n) is 1.55. The van der Waals surface area contributed by atoms with Crippen LogP contribution >= 0.6 is 0 Å². The van der Waals surface area contributed by atoms with Crippen LogP contribution in [0.25, 0.3) is 0 Å². The smallest absolute Gasteiger partial charge is 0.191 e. The minimum Gasteiger partial charge on any atom is -0.484 e. The molecule has 0 aliphatic carbocycles. The van der Waals surface area contributed by atoms with Crippen LogP contribution in [0.4, 0.5) is 0 Å². The predicted octanol–water partition coefficient (Wildman–Crippen LogP) is 2.29. The van der Waals surface area contributed by atoms with Gasteiger partial charge in [0.05, 0.1) is 7.11 Å². The molecule has 0 bridgehead atoms. The Hall–Kier alpha value is -1.05. The van der Waals surface area contributed by atoms with Gasteiger partial charge in [0.15, 0.2) is 5.90 Å². The highest BCUT2D eigenvalue weighted by Crippen LogP contribution is 2.05. The lowest BCUT2D eigenvalue weighted by molar-refractivity contribution is 0.394. The van der Waals surface area contributed by atoms with Crippen LogP contribution in [0.5, 0.6) is 0 Å². The van der Waals surface area contributed by atoms with Gasteiger partial charge in [-0.2, -0.15) is 0 Å². The van der Waals surface area contributed by atoms with Gasteiger partial charge in [-0.1, -0.05) is 18.2 Å². The monoisotopic (exact) mass is 151 g/mol. The molecule has 0 fully saturated rings. The summed E-state index contributed by atoms with van der Waals surface area (Å²) in [5, 5.41) is 0. The van der Waals surface area contributed by atoms with Crippen LogP contribution in [0, 0.1) is 0 Å². The summed E-state index contributed by atoms with van der Waals surface area (Å²) in [5.74, 6) is 0.787. The zero-order valence-corrected chi connectivity index (χ0v) is 7.00. The van der Waals surface area contributed by atoms with Crippen LogP contribution in [0.2, 0.25) is 0 Å². The minimum absolute atomic E-state index is 0.787. The van der Waals surface area contributed by atoms with Crippen LogP contribution in [0.3, 0.4) is 0 Å². The molecule has 0 aromatic carbocycles. The summed E-state index contributed by atoms with van der Waals surface area (Å²) in [6.45, 7) is 1.98. The summed E-state index contributed by atoms with van der Waals surface area (Å²) < 4.78 is 5.06. The number of nitrogens with zero attached hydrogens (tertiary/aromatic N) is 1. The molecule has 0 amide bonds. The molecule has 0 aromatic rings. The maximum Gasteiger partial charge on any atom is 0.191 e. The van der Waals surface area contributed by atoms with Gasteiger partial charge in [-0.05, 0) is 13.3 Å². The van der Waals surface area contributed by atoms with E-state index in [1.54, 1.807) is 7.11 Å². The van der Waals surface area contributed by atoms with Crippen molar-refractivity contribution in [1.29, 1.82) is 0 Å². The highest BCUT2D eigenvalue weighted by molar-refractivity contribution is 5.78. The first-order chi connectivity index (χ1) is 5.33. The fourth-order valence-electron chi connectivity index (χ4n) is 0.936. The zero-order valence-electron chi connectivity index (χ0n) is 7.00. The van der Waals surface area contributed by atoms with Crippen molar-refractivity contribution >= 4 is 5.90 Å². The largest absolute Gasteiger partial charge is 0.484 e. The molecule has 0 unspecified atom stereocenters. The van der Waals surface area contributed by atoms with E-state index in [0.29, 0.717) is 0 Å². The molecule has 0 atom stereocenters. The third kappa shape index (κ3) is 2.58. The summed E-state index contributed by atoms with van der Waals surface area (Å²) in [6.07, 6.45) is 8.06. The van der Waals surface area contributed by atoms with Crippen molar-refractivity contribution in [2.75, 3.05) is 7.11 Å². The molecule has 0 saturated carbocycles. The normalized spacial score (nSPS) is 18.0. The summed E-state index contributed by atoms with van der Waals surface area (Å²) >= 11 is 0. The Morgan fingerprint density at radius 2 is 2.27 bits per heavy atom. The number of allylic oxidation sites excluding steroid dienone is 3. The lowest BCUT2D eigenvalue weighted by Gasteiger charge is -2.03. The van der Waals surface area contributed by atoms with Crippen molar-refractivity contribution in [3.8, 4) is 0 Å². The van der Waals surface area contributed by atoms with E-state index < -0.39 is 0 Å². The van der Waals surface area contributed by atoms with Gasteiger partial charge >= 0.3 is 0 Å². The average molecular weight is 151 g/mol. The minimum atomic E-state index is 0.787. The summed E-state index contributed by atoms with van der Waals surface area (Å²) in [5.41, 5.74) is 1.03. The molecule has 60 valence electrons. The van der Waals surface area contributed by atoms with Gasteiger partial charge in [-0.25, -0.2) is 4.99 Å². The predicted molar refractivity (Wildman–Crippen MR) is 46.6 cm³/mol. The zero-order chi connectivity index (χ0) is 8.10. The first-order valence-corrected chi connectivity index (χ1v) is 3.76. The van der Waals surface area contributed by atoms with Crippen LogP contribution in [0.1, 0.15) is 19.8 Å². The van der Waals surface area contributed by atoms with Crippen LogP contribution in [-0.2, 0) is 4.74 Å². The van der Waals surface area contributed by atoms with E-state index in [0.717, 1.165) is 24.4 Å². The Labute approximate surface area is 67.3 Å². The second-order valence-electron chi connectivity index (χ2n) is 2.47. The van der Waals surface area contributed by atoms with Gasteiger partial charge in [-0.15, -0.1) is 0 Å². The van der Waals surface area contributed by atoms with Gasteiger partial charge in [0.2, 0.25) is 0 Å². The van der Waals surface area contributed by atoms with E-state index in [9.17, 15) is 0 Å². The first kappa shape index (κ1) is 8.05. The van der Waals surface area contributed by atoms with E-state index in [2.05, 4.69) is 23.2 Å². The van der Waals surface area contributed by atoms with Gasteiger partial charge in [0.25, 0.3) is 0 Å². The van der Waals surface area contributed by atoms with Crippen molar-refractivity contribution < 1.29 is 4.74 Å². The van der Waals surface area contributed by atoms with E-state index in [1.165, 1.54) is 0 Å². The van der Waals surface area contributed by atoms with Crippen molar-refractivity contribution in [2.24, 2.45) is 4.99 Å². The van der Waals surface area contributed by atoms with E-state index in [-0.39, 0.29) is 0 Å². The Balaban J connectivity index is 2.76. The molecule has 1 aliphatic rings. The molecule has 1 aliphatic heterocycles. The van der Waals surface area contributed by atoms with Crippen LogP contribution < -0.4 is 0 Å². The van der Waals surface area contributed by atoms with Crippen molar-refractivity contribution in [1.82, 2.24) is 0 Å². The summed E-state index contributed by atoms with van der Waals surface area (Å²) in [6, 6.07) is 0. The molecule has 1 heterocycles. The second-order valence-corrected chi connectivity index (χ2v) is 2.47. The quantitative estimate of drug-likeness (QED) is 0.487. The number of aliphatic imine (C=N–C) groups is 1. The Morgan fingerprint density at radius 1 is 1.45 bits per heavy atom. The number of rotatable bonds is 0. The first-order valence-electron chi connectivity index (χ1n) is 3.76. The molecule has 1 rings (SSSR count). The molecule has 2 nitrogen and oxygen atoms in total. The van der Waals surface area contributed by atoms with Crippen molar-refractivity contribution in [3.05, 3.63) is 23.9 Å². The molecular weight excluding hydrogens is 138 g/mol. The third-order valence-corrected chi connectivity index (χ3v) is 1.55.